The van der Waals surface area contributed by atoms with Gasteiger partial charge in [0, 0.05) is 25.3 Å². The lowest BCUT2D eigenvalue weighted by Crippen LogP contribution is -2.32. The summed E-state index contributed by atoms with van der Waals surface area (Å²) >= 11 is 0. The Morgan fingerprint density at radius 1 is 1.60 bits per heavy atom. The van der Waals surface area contributed by atoms with Crippen LogP contribution in [-0.4, -0.2) is 36.1 Å². The van der Waals surface area contributed by atoms with Crippen LogP contribution < -0.4 is 5.32 Å². The summed E-state index contributed by atoms with van der Waals surface area (Å²) in [5, 5.41) is 3.32. The van der Waals surface area contributed by atoms with E-state index in [1.54, 1.807) is 12.3 Å². The molecule has 3 nitrogen and oxygen atoms in total. The normalized spacial score (nSPS) is 21.1. The molecule has 0 aliphatic carbocycles. The lowest BCUT2D eigenvalue weighted by Gasteiger charge is -2.23. The second kappa shape index (κ2) is 4.68. The molecule has 1 saturated heterocycles. The van der Waals surface area contributed by atoms with Crippen LogP contribution in [0.2, 0.25) is 0 Å². The molecule has 1 N–H and O–H groups in total. The van der Waals surface area contributed by atoms with Crippen molar-refractivity contribution in [1.82, 2.24) is 15.2 Å². The van der Waals surface area contributed by atoms with E-state index in [4.69, 9.17) is 0 Å². The van der Waals surface area contributed by atoms with Gasteiger partial charge in [0.1, 0.15) is 5.82 Å². The van der Waals surface area contributed by atoms with Crippen LogP contribution in [0.1, 0.15) is 12.0 Å². The van der Waals surface area contributed by atoms with Gasteiger partial charge in [-0.05, 0) is 31.6 Å². The van der Waals surface area contributed by atoms with E-state index in [0.29, 0.717) is 6.04 Å². The molecule has 0 bridgehead atoms. The smallest absolute Gasteiger partial charge is 0.141 e. The minimum atomic E-state index is -0.259. The molecule has 1 aromatic rings. The van der Waals surface area contributed by atoms with Gasteiger partial charge in [-0.1, -0.05) is 0 Å². The first-order valence-electron chi connectivity index (χ1n) is 5.26. The molecule has 0 spiro atoms. The van der Waals surface area contributed by atoms with Crippen molar-refractivity contribution < 1.29 is 4.39 Å². The maximum Gasteiger partial charge on any atom is 0.141 e. The summed E-state index contributed by atoms with van der Waals surface area (Å²) in [4.78, 5) is 6.09. The van der Waals surface area contributed by atoms with Crippen LogP contribution in [0.5, 0.6) is 0 Å². The molecule has 15 heavy (non-hydrogen) atoms. The second-order valence-electron chi connectivity index (χ2n) is 4.07. The van der Waals surface area contributed by atoms with Crippen LogP contribution in [0, 0.1) is 5.82 Å². The van der Waals surface area contributed by atoms with Crippen LogP contribution in [0.4, 0.5) is 4.39 Å². The first kappa shape index (κ1) is 10.5. The van der Waals surface area contributed by atoms with E-state index in [1.807, 2.05) is 0 Å². The lowest BCUT2D eigenvalue weighted by molar-refractivity contribution is 0.248. The summed E-state index contributed by atoms with van der Waals surface area (Å²) in [6.07, 6.45) is 4.13. The van der Waals surface area contributed by atoms with Gasteiger partial charge in [-0.25, -0.2) is 4.39 Å². The third-order valence-electron chi connectivity index (χ3n) is 2.85. The molecule has 1 unspecified atom stereocenters. The molecule has 0 radical (unpaired) electrons. The highest BCUT2D eigenvalue weighted by Gasteiger charge is 2.18. The molecule has 82 valence electrons. The molecule has 1 fully saturated rings. The second-order valence-corrected chi connectivity index (χ2v) is 4.07. The zero-order valence-corrected chi connectivity index (χ0v) is 8.91. The van der Waals surface area contributed by atoms with Crippen molar-refractivity contribution in [3.05, 3.63) is 29.8 Å². The molecule has 4 heteroatoms. The Hall–Kier alpha value is -1.00. The van der Waals surface area contributed by atoms with Gasteiger partial charge in [0.25, 0.3) is 0 Å². The topological polar surface area (TPSA) is 28.2 Å². The number of hydrogen-bond acceptors (Lipinski definition) is 3. The van der Waals surface area contributed by atoms with Crippen LogP contribution >= 0.6 is 0 Å². The Morgan fingerprint density at radius 3 is 3.13 bits per heavy atom. The van der Waals surface area contributed by atoms with Gasteiger partial charge in [0.15, 0.2) is 0 Å². The van der Waals surface area contributed by atoms with Gasteiger partial charge in [0.05, 0.1) is 6.20 Å². The Kier molecular flexibility index (Phi) is 3.28. The van der Waals surface area contributed by atoms with Crippen molar-refractivity contribution in [2.45, 2.75) is 19.0 Å². The highest BCUT2D eigenvalue weighted by atomic mass is 19.1. The number of aromatic nitrogens is 1. The zero-order chi connectivity index (χ0) is 10.7. The third-order valence-corrected chi connectivity index (χ3v) is 2.85. The highest BCUT2D eigenvalue weighted by Crippen LogP contribution is 2.11. The van der Waals surface area contributed by atoms with Gasteiger partial charge >= 0.3 is 0 Å². The number of hydrogen-bond donors (Lipinski definition) is 1. The molecule has 2 rings (SSSR count). The molecule has 1 aromatic heterocycles. The predicted molar refractivity (Wildman–Crippen MR) is 56.9 cm³/mol. The minimum absolute atomic E-state index is 0.259. The zero-order valence-electron chi connectivity index (χ0n) is 8.91. The summed E-state index contributed by atoms with van der Waals surface area (Å²) in [5.41, 5.74) is 0.935. The van der Waals surface area contributed by atoms with E-state index in [-0.39, 0.29) is 5.82 Å². The van der Waals surface area contributed by atoms with E-state index >= 15 is 0 Å². The maximum atomic E-state index is 12.9. The first-order chi connectivity index (χ1) is 7.25. The molecule has 0 aromatic carbocycles. The molecule has 1 aliphatic rings. The van der Waals surface area contributed by atoms with Gasteiger partial charge in [0.2, 0.25) is 0 Å². The highest BCUT2D eigenvalue weighted by molar-refractivity contribution is 5.10. The van der Waals surface area contributed by atoms with Crippen LogP contribution in [0.15, 0.2) is 18.5 Å². The summed E-state index contributed by atoms with van der Waals surface area (Å²) in [7, 11) is 2.07. The standard InChI is InChI=1S/C11H16FN3/c1-15(11-2-3-13-7-11)8-9-4-10(12)6-14-5-9/h4-6,11,13H,2-3,7-8H2,1H3. The number of pyridine rings is 1. The average molecular weight is 209 g/mol. The van der Waals surface area contributed by atoms with Crippen LogP contribution in [0.25, 0.3) is 0 Å². The van der Waals surface area contributed by atoms with Crippen molar-refractivity contribution in [2.75, 3.05) is 20.1 Å². The minimum Gasteiger partial charge on any atom is -0.315 e. The van der Waals surface area contributed by atoms with Crippen LogP contribution in [-0.2, 0) is 6.54 Å². The fourth-order valence-corrected chi connectivity index (χ4v) is 1.98. The Bertz CT molecular complexity index is 323. The van der Waals surface area contributed by atoms with Crippen molar-refractivity contribution in [3.63, 3.8) is 0 Å². The number of halogens is 1. The van der Waals surface area contributed by atoms with E-state index in [0.717, 1.165) is 25.2 Å². The van der Waals surface area contributed by atoms with Gasteiger partial charge in [-0.2, -0.15) is 0 Å². The number of nitrogens with zero attached hydrogens (tertiary/aromatic N) is 2. The van der Waals surface area contributed by atoms with Crippen molar-refractivity contribution in [3.8, 4) is 0 Å². The maximum absolute atomic E-state index is 12.9. The largest absolute Gasteiger partial charge is 0.315 e. The SMILES string of the molecule is CN(Cc1cncc(F)c1)C1CCNC1. The summed E-state index contributed by atoms with van der Waals surface area (Å²) < 4.78 is 12.9. The third kappa shape index (κ3) is 2.73. The quantitative estimate of drug-likeness (QED) is 0.805. The fourth-order valence-electron chi connectivity index (χ4n) is 1.98. The predicted octanol–water partition coefficient (Wildman–Crippen LogP) is 1.01. The van der Waals surface area contributed by atoms with Gasteiger partial charge in [-0.3, -0.25) is 9.88 Å². The van der Waals surface area contributed by atoms with E-state index in [9.17, 15) is 4.39 Å². The van der Waals surface area contributed by atoms with Crippen LogP contribution in [0.3, 0.4) is 0 Å². The Labute approximate surface area is 89.3 Å². The molecule has 0 amide bonds. The summed E-state index contributed by atoms with van der Waals surface area (Å²) in [6, 6.07) is 2.11. The first-order valence-corrected chi connectivity index (χ1v) is 5.26. The summed E-state index contributed by atoms with van der Waals surface area (Å²) in [5.74, 6) is -0.259. The van der Waals surface area contributed by atoms with Gasteiger partial charge in [-0.15, -0.1) is 0 Å². The monoisotopic (exact) mass is 209 g/mol. The molecular formula is C11H16FN3. The molecule has 1 atom stereocenters. The number of nitrogens with one attached hydrogen (secondary N) is 1. The molecule has 0 saturated carbocycles. The van der Waals surface area contributed by atoms with Crippen molar-refractivity contribution in [2.24, 2.45) is 0 Å². The van der Waals surface area contributed by atoms with E-state index in [2.05, 4.69) is 22.2 Å². The Morgan fingerprint density at radius 2 is 2.47 bits per heavy atom. The average Bonchev–Trinajstić information content (AvgIpc) is 2.70. The van der Waals surface area contributed by atoms with Crippen molar-refractivity contribution in [1.29, 1.82) is 0 Å². The number of likely N-dealkylation sites (N-methyl/N-ethyl adjacent to an activating group) is 1. The molecular weight excluding hydrogens is 193 g/mol. The Balaban J connectivity index is 1.95. The van der Waals surface area contributed by atoms with Gasteiger partial charge < -0.3 is 5.32 Å². The van der Waals surface area contributed by atoms with Crippen molar-refractivity contribution >= 4 is 0 Å². The number of rotatable bonds is 3. The summed E-state index contributed by atoms with van der Waals surface area (Å²) in [6.45, 7) is 2.87. The van der Waals surface area contributed by atoms with E-state index < -0.39 is 0 Å². The lowest BCUT2D eigenvalue weighted by atomic mass is 10.2. The molecule has 1 aliphatic heterocycles. The molecule has 2 heterocycles. The fraction of sp³-hybridized carbons (Fsp3) is 0.545. The van der Waals surface area contributed by atoms with E-state index in [1.165, 1.54) is 12.6 Å².